The Balaban J connectivity index is 2.55. The Hall–Kier alpha value is -1.58. The zero-order chi connectivity index (χ0) is 14.0. The third-order valence-corrected chi connectivity index (χ3v) is 3.33. The Morgan fingerprint density at radius 3 is 2.37 bits per heavy atom. The van der Waals surface area contributed by atoms with Crippen LogP contribution in [0.3, 0.4) is 0 Å². The number of methoxy groups -OCH3 is 1. The van der Waals surface area contributed by atoms with E-state index in [0.717, 1.165) is 0 Å². The molecule has 4 heteroatoms. The second kappa shape index (κ2) is 5.19. The standard InChI is InChI=1S/C15H14ClFO2/c1-15(18,10-3-6-12(17)7-4-10)13-9-11(16)5-8-14(13)19-2/h3-9,18H,1-2H3. The molecule has 2 nitrogen and oxygen atoms in total. The molecular weight excluding hydrogens is 267 g/mol. The van der Waals surface area contributed by atoms with Crippen molar-refractivity contribution >= 4 is 11.6 Å². The van der Waals surface area contributed by atoms with Crippen LogP contribution in [0.25, 0.3) is 0 Å². The van der Waals surface area contributed by atoms with Gasteiger partial charge in [-0.3, -0.25) is 0 Å². The van der Waals surface area contributed by atoms with E-state index in [-0.39, 0.29) is 5.82 Å². The molecule has 0 heterocycles. The quantitative estimate of drug-likeness (QED) is 0.928. The lowest BCUT2D eigenvalue weighted by Gasteiger charge is -2.26. The molecule has 19 heavy (non-hydrogen) atoms. The fourth-order valence-corrected chi connectivity index (χ4v) is 2.16. The average Bonchev–Trinajstić information content (AvgIpc) is 2.39. The van der Waals surface area contributed by atoms with Crippen LogP contribution >= 0.6 is 11.6 Å². The van der Waals surface area contributed by atoms with Crippen LogP contribution in [0.5, 0.6) is 5.75 Å². The first-order valence-electron chi connectivity index (χ1n) is 5.77. The van der Waals surface area contributed by atoms with Gasteiger partial charge in [0, 0.05) is 10.6 Å². The van der Waals surface area contributed by atoms with Gasteiger partial charge in [-0.1, -0.05) is 23.7 Å². The first-order chi connectivity index (χ1) is 8.95. The molecule has 2 aromatic carbocycles. The van der Waals surface area contributed by atoms with Gasteiger partial charge < -0.3 is 9.84 Å². The van der Waals surface area contributed by atoms with Crippen molar-refractivity contribution in [2.75, 3.05) is 7.11 Å². The van der Waals surface area contributed by atoms with Crippen molar-refractivity contribution in [2.45, 2.75) is 12.5 Å². The molecule has 0 saturated carbocycles. The van der Waals surface area contributed by atoms with Crippen molar-refractivity contribution in [3.8, 4) is 5.75 Å². The molecule has 0 aromatic heterocycles. The van der Waals surface area contributed by atoms with Gasteiger partial charge >= 0.3 is 0 Å². The molecular formula is C15H14ClFO2. The topological polar surface area (TPSA) is 29.5 Å². The number of aliphatic hydroxyl groups is 1. The number of rotatable bonds is 3. The zero-order valence-corrected chi connectivity index (χ0v) is 11.4. The van der Waals surface area contributed by atoms with Crippen molar-refractivity contribution in [2.24, 2.45) is 0 Å². The van der Waals surface area contributed by atoms with E-state index in [1.165, 1.54) is 31.4 Å². The van der Waals surface area contributed by atoms with Gasteiger partial charge in [0.15, 0.2) is 0 Å². The van der Waals surface area contributed by atoms with Crippen LogP contribution in [0.1, 0.15) is 18.1 Å². The Labute approximate surface area is 116 Å². The molecule has 0 amide bonds. The molecule has 0 radical (unpaired) electrons. The summed E-state index contributed by atoms with van der Waals surface area (Å²) in [6.45, 7) is 1.62. The van der Waals surface area contributed by atoms with Crippen molar-refractivity contribution < 1.29 is 14.2 Å². The molecule has 0 saturated heterocycles. The van der Waals surface area contributed by atoms with Crippen LogP contribution < -0.4 is 4.74 Å². The Kier molecular flexibility index (Phi) is 3.78. The minimum absolute atomic E-state index is 0.349. The summed E-state index contributed by atoms with van der Waals surface area (Å²) in [5.74, 6) is 0.177. The van der Waals surface area contributed by atoms with Gasteiger partial charge in [-0.15, -0.1) is 0 Å². The fourth-order valence-electron chi connectivity index (χ4n) is 1.99. The number of hydrogen-bond donors (Lipinski definition) is 1. The van der Waals surface area contributed by atoms with Crippen LogP contribution in [0.15, 0.2) is 42.5 Å². The van der Waals surface area contributed by atoms with Gasteiger partial charge in [-0.25, -0.2) is 4.39 Å². The average molecular weight is 281 g/mol. The lowest BCUT2D eigenvalue weighted by atomic mass is 9.87. The van der Waals surface area contributed by atoms with Gasteiger partial charge in [0.1, 0.15) is 17.2 Å². The lowest BCUT2D eigenvalue weighted by Crippen LogP contribution is -2.23. The maximum absolute atomic E-state index is 13.0. The van der Waals surface area contributed by atoms with E-state index in [2.05, 4.69) is 0 Å². The molecule has 0 bridgehead atoms. The molecule has 0 fully saturated rings. The predicted octanol–water partition coefficient (Wildman–Crippen LogP) is 3.74. The summed E-state index contributed by atoms with van der Waals surface area (Å²) in [5, 5.41) is 11.2. The van der Waals surface area contributed by atoms with E-state index in [1.807, 2.05) is 0 Å². The highest BCUT2D eigenvalue weighted by atomic mass is 35.5. The summed E-state index contributed by atoms with van der Waals surface area (Å²) in [6.07, 6.45) is 0. The van der Waals surface area contributed by atoms with Crippen molar-refractivity contribution in [1.82, 2.24) is 0 Å². The van der Waals surface area contributed by atoms with Crippen LogP contribution in [-0.4, -0.2) is 12.2 Å². The van der Waals surface area contributed by atoms with E-state index in [4.69, 9.17) is 16.3 Å². The molecule has 0 spiro atoms. The predicted molar refractivity (Wildman–Crippen MR) is 73.1 cm³/mol. The molecule has 0 aliphatic heterocycles. The minimum Gasteiger partial charge on any atom is -0.496 e. The highest BCUT2D eigenvalue weighted by molar-refractivity contribution is 6.30. The SMILES string of the molecule is COc1ccc(Cl)cc1C(C)(O)c1ccc(F)cc1. The summed E-state index contributed by atoms with van der Waals surface area (Å²) in [4.78, 5) is 0. The fraction of sp³-hybridized carbons (Fsp3) is 0.200. The maximum Gasteiger partial charge on any atom is 0.125 e. The van der Waals surface area contributed by atoms with Crippen LogP contribution in [-0.2, 0) is 5.60 Å². The Morgan fingerprint density at radius 1 is 1.16 bits per heavy atom. The van der Waals surface area contributed by atoms with E-state index < -0.39 is 5.60 Å². The Bertz CT molecular complexity index is 579. The maximum atomic E-state index is 13.0. The van der Waals surface area contributed by atoms with Gasteiger partial charge in [0.2, 0.25) is 0 Å². The zero-order valence-electron chi connectivity index (χ0n) is 10.7. The highest BCUT2D eigenvalue weighted by Crippen LogP contribution is 2.36. The minimum atomic E-state index is -1.32. The summed E-state index contributed by atoms with van der Waals surface area (Å²) in [7, 11) is 1.52. The molecule has 1 atom stereocenters. The summed E-state index contributed by atoms with van der Waals surface area (Å²) in [6, 6.07) is 10.7. The monoisotopic (exact) mass is 280 g/mol. The number of ether oxygens (including phenoxy) is 1. The molecule has 2 rings (SSSR count). The normalized spacial score (nSPS) is 13.9. The molecule has 1 unspecified atom stereocenters. The van der Waals surface area contributed by atoms with E-state index >= 15 is 0 Å². The third-order valence-electron chi connectivity index (χ3n) is 3.09. The third kappa shape index (κ3) is 2.72. The Morgan fingerprint density at radius 2 is 1.79 bits per heavy atom. The van der Waals surface area contributed by atoms with E-state index in [0.29, 0.717) is 21.9 Å². The van der Waals surface area contributed by atoms with E-state index in [9.17, 15) is 9.50 Å². The molecule has 1 N–H and O–H groups in total. The first-order valence-corrected chi connectivity index (χ1v) is 6.15. The van der Waals surface area contributed by atoms with Crippen LogP contribution in [0.4, 0.5) is 4.39 Å². The highest BCUT2D eigenvalue weighted by Gasteiger charge is 2.29. The van der Waals surface area contributed by atoms with Gasteiger partial charge in [0.05, 0.1) is 7.11 Å². The smallest absolute Gasteiger partial charge is 0.125 e. The molecule has 0 aliphatic carbocycles. The number of halogens is 2. The summed E-state index contributed by atoms with van der Waals surface area (Å²) in [5.41, 5.74) is -0.215. The van der Waals surface area contributed by atoms with Crippen molar-refractivity contribution in [3.63, 3.8) is 0 Å². The molecule has 2 aromatic rings. The largest absolute Gasteiger partial charge is 0.496 e. The second-order valence-corrected chi connectivity index (χ2v) is 4.86. The first kappa shape index (κ1) is 13.8. The number of benzene rings is 2. The summed E-state index contributed by atoms with van der Waals surface area (Å²) >= 11 is 5.97. The second-order valence-electron chi connectivity index (χ2n) is 4.42. The van der Waals surface area contributed by atoms with Crippen molar-refractivity contribution in [3.05, 3.63) is 64.4 Å². The molecule has 0 aliphatic rings. The van der Waals surface area contributed by atoms with E-state index in [1.54, 1.807) is 25.1 Å². The molecule has 100 valence electrons. The van der Waals surface area contributed by atoms with Crippen molar-refractivity contribution in [1.29, 1.82) is 0 Å². The number of hydrogen-bond acceptors (Lipinski definition) is 2. The van der Waals surface area contributed by atoms with Crippen LogP contribution in [0.2, 0.25) is 5.02 Å². The van der Waals surface area contributed by atoms with Gasteiger partial charge in [-0.2, -0.15) is 0 Å². The lowest BCUT2D eigenvalue weighted by molar-refractivity contribution is 0.0989. The van der Waals surface area contributed by atoms with Gasteiger partial charge in [0.25, 0.3) is 0 Å². The summed E-state index contributed by atoms with van der Waals surface area (Å²) < 4.78 is 18.2. The van der Waals surface area contributed by atoms with Crippen LogP contribution in [0, 0.1) is 5.82 Å². The van der Waals surface area contributed by atoms with Gasteiger partial charge in [-0.05, 0) is 42.8 Å².